The number of aryl methyl sites for hydroxylation is 1. The molecule has 0 spiro atoms. The van der Waals surface area contributed by atoms with E-state index in [1.807, 2.05) is 62.5 Å². The molecule has 0 aliphatic carbocycles. The van der Waals surface area contributed by atoms with E-state index >= 15 is 0 Å². The molecule has 186 valence electrons. The van der Waals surface area contributed by atoms with Gasteiger partial charge in [0, 0.05) is 30.4 Å². The molecule has 4 aromatic rings. The van der Waals surface area contributed by atoms with E-state index in [4.69, 9.17) is 4.74 Å². The summed E-state index contributed by atoms with van der Waals surface area (Å²) in [4.78, 5) is 22.2. The molecule has 4 aromatic carbocycles. The third-order valence-corrected chi connectivity index (χ3v) is 5.29. The molecule has 1 amide bonds. The van der Waals surface area contributed by atoms with E-state index in [1.165, 1.54) is 12.1 Å². The van der Waals surface area contributed by atoms with Gasteiger partial charge in [0.1, 0.15) is 17.3 Å². The highest BCUT2D eigenvalue weighted by atomic mass is 19.1. The molecule has 4 rings (SSSR count). The summed E-state index contributed by atoms with van der Waals surface area (Å²) in [5, 5.41) is 6.03. The maximum Gasteiger partial charge on any atom is 0.251 e. The predicted molar refractivity (Wildman–Crippen MR) is 144 cm³/mol. The summed E-state index contributed by atoms with van der Waals surface area (Å²) in [6.45, 7) is 2.47. The zero-order valence-electron chi connectivity index (χ0n) is 20.6. The number of benzene rings is 4. The Labute approximate surface area is 216 Å². The van der Waals surface area contributed by atoms with Crippen LogP contribution in [0.2, 0.25) is 0 Å². The van der Waals surface area contributed by atoms with Gasteiger partial charge in [-0.25, -0.2) is 4.39 Å². The van der Waals surface area contributed by atoms with Gasteiger partial charge in [0.05, 0.1) is 0 Å². The number of hydrogen-bond acceptors (Lipinski definition) is 4. The van der Waals surface area contributed by atoms with Gasteiger partial charge in [0.15, 0.2) is 6.29 Å². The van der Waals surface area contributed by atoms with Crippen molar-refractivity contribution in [3.8, 4) is 23.3 Å². The lowest BCUT2D eigenvalue weighted by molar-refractivity contribution is -0.103. The maximum absolute atomic E-state index is 12.9. The fraction of sp³-hybridized carbons (Fsp3) is 0.0968. The van der Waals surface area contributed by atoms with Crippen molar-refractivity contribution in [2.45, 2.75) is 13.5 Å². The number of ether oxygens (including phenoxy) is 1. The molecule has 0 aliphatic heterocycles. The highest BCUT2D eigenvalue weighted by Crippen LogP contribution is 2.22. The predicted octanol–water partition coefficient (Wildman–Crippen LogP) is 6.14. The molecule has 0 fully saturated rings. The minimum Gasteiger partial charge on any atom is -0.457 e. The Kier molecular flexibility index (Phi) is 10.0. The lowest BCUT2D eigenvalue weighted by Crippen LogP contribution is -2.23. The van der Waals surface area contributed by atoms with Crippen LogP contribution in [0, 0.1) is 24.6 Å². The quantitative estimate of drug-likeness (QED) is 0.250. The summed E-state index contributed by atoms with van der Waals surface area (Å²) in [5.41, 5.74) is 4.61. The molecule has 0 aliphatic rings. The first-order valence-electron chi connectivity index (χ1n) is 11.6. The van der Waals surface area contributed by atoms with Crippen LogP contribution in [0.3, 0.4) is 0 Å². The number of nitrogens with one attached hydrogen (secondary N) is 2. The second-order valence-electron chi connectivity index (χ2n) is 7.91. The van der Waals surface area contributed by atoms with E-state index in [2.05, 4.69) is 22.5 Å². The van der Waals surface area contributed by atoms with Crippen LogP contribution in [0.5, 0.6) is 11.5 Å². The molecule has 2 N–H and O–H groups in total. The smallest absolute Gasteiger partial charge is 0.251 e. The molecule has 5 nitrogen and oxygen atoms in total. The monoisotopic (exact) mass is 494 g/mol. The van der Waals surface area contributed by atoms with Gasteiger partial charge >= 0.3 is 0 Å². The van der Waals surface area contributed by atoms with Gasteiger partial charge in [-0.15, -0.1) is 0 Å². The second-order valence-corrected chi connectivity index (χ2v) is 7.91. The van der Waals surface area contributed by atoms with Crippen LogP contribution < -0.4 is 15.4 Å². The van der Waals surface area contributed by atoms with Crippen LogP contribution in [-0.4, -0.2) is 19.2 Å². The summed E-state index contributed by atoms with van der Waals surface area (Å²) in [5.74, 6) is 5.66. The Morgan fingerprint density at radius 3 is 2.19 bits per heavy atom. The van der Waals surface area contributed by atoms with Crippen molar-refractivity contribution in [2.75, 3.05) is 12.4 Å². The van der Waals surface area contributed by atoms with Crippen LogP contribution in [-0.2, 0) is 11.3 Å². The van der Waals surface area contributed by atoms with E-state index in [1.54, 1.807) is 36.4 Å². The highest BCUT2D eigenvalue weighted by molar-refractivity contribution is 5.94. The number of carbonyl (C=O) groups excluding carboxylic acids is 2. The van der Waals surface area contributed by atoms with Gasteiger partial charge in [-0.2, -0.15) is 0 Å². The summed E-state index contributed by atoms with van der Waals surface area (Å²) >= 11 is 0. The Morgan fingerprint density at radius 2 is 1.57 bits per heavy atom. The standard InChI is InChI=1S/C22H21FN2O2.C9H6O/c1-15-3-8-19(24-2)13-17(15)14-25-22(26)16-4-9-20(10-5-16)27-21-11-6-18(23)7-12-21;10-8-4-7-9-5-2-1-3-6-9/h3-13,24H,14H2,1-2H3,(H,25,26);1-3,5-6,8H. The fourth-order valence-electron chi connectivity index (χ4n) is 3.24. The molecular weight excluding hydrogens is 467 g/mol. The molecule has 0 radical (unpaired) electrons. The highest BCUT2D eigenvalue weighted by Gasteiger charge is 2.08. The van der Waals surface area contributed by atoms with Gasteiger partial charge in [0.25, 0.3) is 5.91 Å². The van der Waals surface area contributed by atoms with Crippen molar-refractivity contribution in [3.63, 3.8) is 0 Å². The Hall–Kier alpha value is -4.89. The minimum atomic E-state index is -0.315. The molecule has 0 saturated heterocycles. The van der Waals surface area contributed by atoms with Crippen LogP contribution >= 0.6 is 0 Å². The minimum absolute atomic E-state index is 0.155. The SMILES string of the molecule is CNc1ccc(C)c(CNC(=O)c2ccc(Oc3ccc(F)cc3)cc2)c1.O=CC#Cc1ccccc1. The van der Waals surface area contributed by atoms with Crippen LogP contribution in [0.1, 0.15) is 27.0 Å². The molecule has 0 heterocycles. The lowest BCUT2D eigenvalue weighted by Gasteiger charge is -2.11. The van der Waals surface area contributed by atoms with Crippen molar-refractivity contribution in [3.05, 3.63) is 125 Å². The van der Waals surface area contributed by atoms with Gasteiger partial charge in [-0.3, -0.25) is 9.59 Å². The Bertz CT molecular complexity index is 1370. The molecule has 0 saturated carbocycles. The zero-order valence-corrected chi connectivity index (χ0v) is 20.6. The topological polar surface area (TPSA) is 67.4 Å². The van der Waals surface area contributed by atoms with Crippen molar-refractivity contribution in [1.82, 2.24) is 5.32 Å². The average Bonchev–Trinajstić information content (AvgIpc) is 2.94. The van der Waals surface area contributed by atoms with E-state index in [0.717, 1.165) is 22.4 Å². The first-order chi connectivity index (χ1) is 18.0. The number of amides is 1. The molecule has 0 bridgehead atoms. The number of aldehydes is 1. The molecule has 0 aromatic heterocycles. The average molecular weight is 495 g/mol. The number of carbonyl (C=O) groups is 2. The van der Waals surface area contributed by atoms with Gasteiger partial charge in [-0.1, -0.05) is 30.2 Å². The number of rotatable bonds is 6. The van der Waals surface area contributed by atoms with Crippen LogP contribution in [0.4, 0.5) is 10.1 Å². The van der Waals surface area contributed by atoms with E-state index in [9.17, 15) is 14.0 Å². The maximum atomic E-state index is 12.9. The largest absolute Gasteiger partial charge is 0.457 e. The summed E-state index contributed by atoms with van der Waals surface area (Å²) in [7, 11) is 1.86. The van der Waals surface area contributed by atoms with Crippen LogP contribution in [0.15, 0.2) is 97.1 Å². The third-order valence-electron chi connectivity index (χ3n) is 5.29. The normalized spacial score (nSPS) is 9.59. The Balaban J connectivity index is 0.000000319. The van der Waals surface area contributed by atoms with Crippen molar-refractivity contribution >= 4 is 17.9 Å². The molecule has 0 atom stereocenters. The number of anilines is 1. The molecule has 6 heteroatoms. The van der Waals surface area contributed by atoms with E-state index in [0.29, 0.717) is 29.9 Å². The zero-order chi connectivity index (χ0) is 26.5. The van der Waals surface area contributed by atoms with E-state index in [-0.39, 0.29) is 11.7 Å². The van der Waals surface area contributed by atoms with Crippen LogP contribution in [0.25, 0.3) is 0 Å². The van der Waals surface area contributed by atoms with Crippen molar-refractivity contribution in [2.24, 2.45) is 0 Å². The lowest BCUT2D eigenvalue weighted by atomic mass is 10.1. The van der Waals surface area contributed by atoms with Gasteiger partial charge in [-0.05, 0) is 96.8 Å². The molecular formula is C31H27FN2O3. The van der Waals surface area contributed by atoms with Crippen molar-refractivity contribution < 1.29 is 18.7 Å². The van der Waals surface area contributed by atoms with Gasteiger partial charge < -0.3 is 15.4 Å². The summed E-state index contributed by atoms with van der Waals surface area (Å²) in [6, 6.07) is 28.0. The molecule has 0 unspecified atom stereocenters. The summed E-state index contributed by atoms with van der Waals surface area (Å²) < 4.78 is 18.6. The Morgan fingerprint density at radius 1 is 0.919 bits per heavy atom. The molecule has 37 heavy (non-hydrogen) atoms. The fourth-order valence-corrected chi connectivity index (χ4v) is 3.24. The summed E-state index contributed by atoms with van der Waals surface area (Å²) in [6.07, 6.45) is 0.590. The van der Waals surface area contributed by atoms with E-state index < -0.39 is 0 Å². The third kappa shape index (κ3) is 8.68. The first kappa shape index (κ1) is 26.7. The first-order valence-corrected chi connectivity index (χ1v) is 11.6. The number of hydrogen-bond donors (Lipinski definition) is 2. The van der Waals surface area contributed by atoms with Gasteiger partial charge in [0.2, 0.25) is 0 Å². The van der Waals surface area contributed by atoms with Crippen molar-refractivity contribution in [1.29, 1.82) is 0 Å². The number of halogens is 1. The second kappa shape index (κ2) is 13.9.